The maximum atomic E-state index is 4.90. The van der Waals surface area contributed by atoms with E-state index in [2.05, 4.69) is 65.2 Å². The Balaban J connectivity index is 1.58. The summed E-state index contributed by atoms with van der Waals surface area (Å²) in [5.41, 5.74) is 8.81. The second-order valence-electron chi connectivity index (χ2n) is 8.42. The molecule has 0 bridgehead atoms. The molecule has 1 saturated carbocycles. The lowest BCUT2D eigenvalue weighted by atomic mass is 10.1. The molecule has 5 heteroatoms. The largest absolute Gasteiger partial charge is 0.341 e. The molecule has 0 spiro atoms. The van der Waals surface area contributed by atoms with Crippen LogP contribution >= 0.6 is 0 Å². The van der Waals surface area contributed by atoms with Crippen molar-refractivity contribution in [3.8, 4) is 11.3 Å². The lowest BCUT2D eigenvalue weighted by Gasteiger charge is -2.26. The number of aryl methyl sites for hydroxylation is 3. The molecular weight excluding hydrogens is 370 g/mol. The average molecular weight is 398 g/mol. The van der Waals surface area contributed by atoms with E-state index in [1.165, 1.54) is 35.3 Å². The number of aromatic nitrogens is 4. The van der Waals surface area contributed by atoms with Crippen molar-refractivity contribution in [3.05, 3.63) is 66.1 Å². The normalized spacial score (nSPS) is 13.7. The van der Waals surface area contributed by atoms with Crippen molar-refractivity contribution < 1.29 is 0 Å². The van der Waals surface area contributed by atoms with E-state index in [9.17, 15) is 0 Å². The van der Waals surface area contributed by atoms with Crippen LogP contribution in [0.5, 0.6) is 0 Å². The maximum Gasteiger partial charge on any atom is 0.0924 e. The fraction of sp³-hybridized carbons (Fsp3) is 0.320. The van der Waals surface area contributed by atoms with E-state index in [1.54, 1.807) is 4.68 Å². The van der Waals surface area contributed by atoms with Crippen molar-refractivity contribution in [1.82, 2.24) is 19.7 Å². The van der Waals surface area contributed by atoms with E-state index in [0.717, 1.165) is 41.2 Å². The fourth-order valence-electron chi connectivity index (χ4n) is 3.98. The minimum atomic E-state index is 0.777. The van der Waals surface area contributed by atoms with E-state index >= 15 is 0 Å². The summed E-state index contributed by atoms with van der Waals surface area (Å²) < 4.78 is 1.79. The number of anilines is 2. The van der Waals surface area contributed by atoms with Gasteiger partial charge in [-0.1, -0.05) is 13.0 Å². The first kappa shape index (κ1) is 18.8. The number of nitrogens with zero attached hydrogens (tertiary/aromatic N) is 5. The summed E-state index contributed by atoms with van der Waals surface area (Å²) in [6.45, 7) is 5.45. The second kappa shape index (κ2) is 7.56. The molecule has 0 atom stereocenters. The van der Waals surface area contributed by atoms with Crippen molar-refractivity contribution in [2.75, 3.05) is 11.4 Å². The van der Waals surface area contributed by atoms with Gasteiger partial charge in [-0.15, -0.1) is 0 Å². The highest BCUT2D eigenvalue weighted by atomic mass is 15.2. The highest BCUT2D eigenvalue weighted by Gasteiger charge is 2.26. The molecule has 1 aliphatic rings. The van der Waals surface area contributed by atoms with Crippen LogP contribution < -0.4 is 4.90 Å². The van der Waals surface area contributed by atoms with Crippen LogP contribution in [0.3, 0.4) is 0 Å². The number of benzene rings is 2. The Morgan fingerprint density at radius 2 is 1.90 bits per heavy atom. The second-order valence-corrected chi connectivity index (χ2v) is 8.42. The highest BCUT2D eigenvalue weighted by Crippen LogP contribution is 2.36. The van der Waals surface area contributed by atoms with Crippen molar-refractivity contribution in [1.29, 1.82) is 0 Å². The summed E-state index contributed by atoms with van der Waals surface area (Å²) >= 11 is 0. The molecule has 4 aromatic rings. The lowest BCUT2D eigenvalue weighted by molar-refractivity contribution is 0.768. The first-order chi connectivity index (χ1) is 14.6. The van der Waals surface area contributed by atoms with Crippen molar-refractivity contribution >= 4 is 22.4 Å². The zero-order valence-electron chi connectivity index (χ0n) is 17.8. The molecule has 30 heavy (non-hydrogen) atoms. The molecule has 1 fully saturated rings. The van der Waals surface area contributed by atoms with Gasteiger partial charge < -0.3 is 4.90 Å². The summed E-state index contributed by atoms with van der Waals surface area (Å²) in [5.74, 6) is 0.777. The van der Waals surface area contributed by atoms with Crippen molar-refractivity contribution in [2.45, 2.75) is 33.1 Å². The monoisotopic (exact) mass is 397 g/mol. The molecule has 5 rings (SSSR count). The average Bonchev–Trinajstić information content (AvgIpc) is 3.48. The number of hydrogen-bond acceptors (Lipinski definition) is 4. The molecule has 0 amide bonds. The topological polar surface area (TPSA) is 46.8 Å². The zero-order chi connectivity index (χ0) is 20.7. The lowest BCUT2D eigenvalue weighted by Crippen LogP contribution is -2.20. The van der Waals surface area contributed by atoms with Gasteiger partial charge in [-0.05, 0) is 73.6 Å². The fourth-order valence-corrected chi connectivity index (χ4v) is 3.98. The molecule has 2 aromatic heterocycles. The maximum absolute atomic E-state index is 4.90. The van der Waals surface area contributed by atoms with E-state index in [0.29, 0.717) is 0 Å². The summed E-state index contributed by atoms with van der Waals surface area (Å²) in [4.78, 5) is 12.0. The summed E-state index contributed by atoms with van der Waals surface area (Å²) in [6, 6.07) is 13.3. The van der Waals surface area contributed by atoms with E-state index in [-0.39, 0.29) is 0 Å². The van der Waals surface area contributed by atoms with Crippen LogP contribution in [0, 0.1) is 12.8 Å². The minimum absolute atomic E-state index is 0.777. The quantitative estimate of drug-likeness (QED) is 0.434. The molecule has 0 unspecified atom stereocenters. The molecular formula is C25H27N5. The predicted molar refractivity (Wildman–Crippen MR) is 122 cm³/mol. The van der Waals surface area contributed by atoms with Crippen LogP contribution in [0.2, 0.25) is 0 Å². The van der Waals surface area contributed by atoms with Crippen LogP contribution in [0.4, 0.5) is 11.4 Å². The number of hydrogen-bond donors (Lipinski definition) is 0. The molecule has 5 nitrogen and oxygen atoms in total. The smallest absolute Gasteiger partial charge is 0.0924 e. The Morgan fingerprint density at radius 1 is 1.03 bits per heavy atom. The zero-order valence-corrected chi connectivity index (χ0v) is 17.8. The SMILES string of the molecule is CCc1cc(C)cc(N(CC2CC2)c2ccc3ncc(-c4cnn(C)c4)nc3c2)c1. The van der Waals surface area contributed by atoms with Gasteiger partial charge in [0.15, 0.2) is 0 Å². The molecule has 0 N–H and O–H groups in total. The third-order valence-electron chi connectivity index (χ3n) is 5.82. The molecule has 2 heterocycles. The van der Waals surface area contributed by atoms with Gasteiger partial charge in [-0.3, -0.25) is 9.67 Å². The Bertz CT molecular complexity index is 1210. The minimum Gasteiger partial charge on any atom is -0.341 e. The van der Waals surface area contributed by atoms with Gasteiger partial charge >= 0.3 is 0 Å². The van der Waals surface area contributed by atoms with Gasteiger partial charge in [0.1, 0.15) is 0 Å². The third-order valence-corrected chi connectivity index (χ3v) is 5.82. The number of fused-ring (bicyclic) bond motifs is 1. The Hall–Kier alpha value is -3.21. The molecule has 0 saturated heterocycles. The Kier molecular flexibility index (Phi) is 4.74. The summed E-state index contributed by atoms with van der Waals surface area (Å²) in [7, 11) is 1.91. The van der Waals surface area contributed by atoms with Gasteiger partial charge in [0, 0.05) is 36.7 Å². The third kappa shape index (κ3) is 3.80. The van der Waals surface area contributed by atoms with Crippen LogP contribution in [-0.2, 0) is 13.5 Å². The molecule has 152 valence electrons. The van der Waals surface area contributed by atoms with Gasteiger partial charge in [-0.2, -0.15) is 5.10 Å². The summed E-state index contributed by atoms with van der Waals surface area (Å²) in [6.07, 6.45) is 9.32. The molecule has 0 aliphatic heterocycles. The van der Waals surface area contributed by atoms with Gasteiger partial charge in [0.25, 0.3) is 0 Å². The van der Waals surface area contributed by atoms with Crippen LogP contribution in [-0.4, -0.2) is 26.3 Å². The Labute approximate surface area is 177 Å². The van der Waals surface area contributed by atoms with Crippen molar-refractivity contribution in [3.63, 3.8) is 0 Å². The number of rotatable bonds is 6. The van der Waals surface area contributed by atoms with E-state index in [4.69, 9.17) is 4.98 Å². The first-order valence-electron chi connectivity index (χ1n) is 10.7. The van der Waals surface area contributed by atoms with Crippen LogP contribution in [0.25, 0.3) is 22.3 Å². The van der Waals surface area contributed by atoms with E-state index < -0.39 is 0 Å². The highest BCUT2D eigenvalue weighted by molar-refractivity contribution is 5.82. The van der Waals surface area contributed by atoms with Gasteiger partial charge in [0.2, 0.25) is 0 Å². The van der Waals surface area contributed by atoms with Crippen molar-refractivity contribution in [2.24, 2.45) is 13.0 Å². The molecule has 1 aliphatic carbocycles. The van der Waals surface area contributed by atoms with Gasteiger partial charge in [-0.25, -0.2) is 4.98 Å². The van der Waals surface area contributed by atoms with Crippen LogP contribution in [0.15, 0.2) is 55.0 Å². The Morgan fingerprint density at radius 3 is 2.63 bits per heavy atom. The first-order valence-corrected chi connectivity index (χ1v) is 10.7. The predicted octanol–water partition coefficient (Wildman–Crippen LogP) is 5.45. The van der Waals surface area contributed by atoms with E-state index in [1.807, 2.05) is 25.6 Å². The summed E-state index contributed by atoms with van der Waals surface area (Å²) in [5, 5.41) is 4.26. The molecule has 2 aromatic carbocycles. The molecule has 0 radical (unpaired) electrons. The van der Waals surface area contributed by atoms with Crippen LogP contribution in [0.1, 0.15) is 30.9 Å². The standard InChI is InChI=1S/C25H27N5/c1-4-18-9-17(2)10-22(11-18)30(15-19-5-6-19)21-7-8-23-24(12-21)28-25(14-26-23)20-13-27-29(3)16-20/h7-14,16,19H,4-6,15H2,1-3H3. The van der Waals surface area contributed by atoms with Gasteiger partial charge in [0.05, 0.1) is 29.1 Å².